The molecule has 0 bridgehead atoms. The van der Waals surface area contributed by atoms with Crippen LogP contribution in [0.4, 0.5) is 17.6 Å². The zero-order valence-corrected chi connectivity index (χ0v) is 7.61. The average Bonchev–Trinajstić information content (AvgIpc) is 1.88. The Hall–Kier alpha value is 0.220. The Kier molecular flexibility index (Phi) is 8.74. The van der Waals surface area contributed by atoms with Crippen molar-refractivity contribution in [1.29, 1.82) is 0 Å². The first-order valence-corrected chi connectivity index (χ1v) is 2.71. The summed E-state index contributed by atoms with van der Waals surface area (Å²) in [5, 5.41) is 0. The third-order valence-electron chi connectivity index (χ3n) is 1.16. The number of halogens is 6. The second-order valence-corrected chi connectivity index (χ2v) is 1.91. The van der Waals surface area contributed by atoms with E-state index in [1.165, 1.54) is 0 Å². The maximum absolute atomic E-state index is 12.1. The molecule has 0 aliphatic heterocycles. The third-order valence-corrected chi connectivity index (χ3v) is 1.16. The minimum Gasteiger partial charge on any atom is -1.00 e. The van der Waals surface area contributed by atoms with Crippen LogP contribution in [0.15, 0.2) is 0 Å². The van der Waals surface area contributed by atoms with Crippen LogP contribution >= 0.6 is 0 Å². The highest BCUT2D eigenvalue weighted by Gasteiger charge is 2.57. The highest BCUT2D eigenvalue weighted by atomic mass is 35.5. The van der Waals surface area contributed by atoms with Gasteiger partial charge in [-0.3, -0.25) is 0 Å². The van der Waals surface area contributed by atoms with Gasteiger partial charge in [0.2, 0.25) is 0 Å². The normalized spacial score (nSPS) is 11.5. The standard InChI is InChI=1S/C4H8F4N2.2ClH/c5-3(6,1-9)4(7,8)2-10;;/h1-2,9-10H2;2*1H. The largest absolute Gasteiger partial charge is 1.00 e. The van der Waals surface area contributed by atoms with Crippen molar-refractivity contribution in [2.75, 3.05) is 13.1 Å². The lowest BCUT2D eigenvalue weighted by Crippen LogP contribution is -3.00. The highest BCUT2D eigenvalue weighted by Crippen LogP contribution is 2.30. The molecule has 78 valence electrons. The van der Waals surface area contributed by atoms with Crippen LogP contribution < -0.4 is 36.3 Å². The SMILES string of the molecule is [Cl-].[Cl-].[NH3+]CC(F)(F)C(F)(F)C[NH3+]. The molecule has 0 aromatic rings. The molecule has 0 heterocycles. The highest BCUT2D eigenvalue weighted by molar-refractivity contribution is 4.81. The fourth-order valence-corrected chi connectivity index (χ4v) is 0.366. The van der Waals surface area contributed by atoms with Crippen molar-refractivity contribution >= 4 is 0 Å². The quantitative estimate of drug-likeness (QED) is 0.455. The number of hydrogen-bond donors (Lipinski definition) is 2. The van der Waals surface area contributed by atoms with Gasteiger partial charge in [0.05, 0.1) is 0 Å². The zero-order valence-electron chi connectivity index (χ0n) is 6.10. The van der Waals surface area contributed by atoms with Gasteiger partial charge in [-0.1, -0.05) is 0 Å². The average molecular weight is 233 g/mol. The molecule has 12 heavy (non-hydrogen) atoms. The second-order valence-electron chi connectivity index (χ2n) is 1.91. The van der Waals surface area contributed by atoms with Crippen LogP contribution in [0.1, 0.15) is 0 Å². The van der Waals surface area contributed by atoms with Crippen molar-refractivity contribution < 1.29 is 53.8 Å². The molecular weight excluding hydrogens is 223 g/mol. The van der Waals surface area contributed by atoms with Crippen molar-refractivity contribution in [3.8, 4) is 0 Å². The van der Waals surface area contributed by atoms with Crippen LogP contribution in [-0.2, 0) is 0 Å². The van der Waals surface area contributed by atoms with E-state index < -0.39 is 24.9 Å². The summed E-state index contributed by atoms with van der Waals surface area (Å²) in [4.78, 5) is 0. The molecule has 0 spiro atoms. The molecule has 0 aliphatic carbocycles. The Bertz CT molecular complexity index is 108. The zero-order chi connectivity index (χ0) is 8.41. The van der Waals surface area contributed by atoms with Crippen LogP contribution in [0.5, 0.6) is 0 Å². The van der Waals surface area contributed by atoms with Gasteiger partial charge < -0.3 is 36.3 Å². The van der Waals surface area contributed by atoms with Crippen LogP contribution in [0.2, 0.25) is 0 Å². The summed E-state index contributed by atoms with van der Waals surface area (Å²) in [7, 11) is 0. The van der Waals surface area contributed by atoms with E-state index in [4.69, 9.17) is 0 Å². The molecular formula is C4H10Cl2F4N2. The number of hydrogen-bond acceptors (Lipinski definition) is 0. The maximum Gasteiger partial charge on any atom is 0.362 e. The van der Waals surface area contributed by atoms with E-state index in [0.717, 1.165) is 0 Å². The number of quaternary nitrogens is 2. The maximum atomic E-state index is 12.1. The van der Waals surface area contributed by atoms with Gasteiger partial charge in [0.25, 0.3) is 0 Å². The van der Waals surface area contributed by atoms with Crippen molar-refractivity contribution in [3.63, 3.8) is 0 Å². The van der Waals surface area contributed by atoms with Crippen molar-refractivity contribution in [2.45, 2.75) is 11.8 Å². The number of alkyl halides is 4. The van der Waals surface area contributed by atoms with Gasteiger partial charge in [-0.25, -0.2) is 0 Å². The molecule has 0 saturated carbocycles. The Labute approximate surface area is 79.5 Å². The van der Waals surface area contributed by atoms with Crippen molar-refractivity contribution in [2.24, 2.45) is 0 Å². The molecule has 2 nitrogen and oxygen atoms in total. The summed E-state index contributed by atoms with van der Waals surface area (Å²) in [5.74, 6) is -8.04. The topological polar surface area (TPSA) is 55.3 Å². The minimum absolute atomic E-state index is 0. The third kappa shape index (κ3) is 3.75. The van der Waals surface area contributed by atoms with E-state index in [1.807, 2.05) is 0 Å². The molecule has 0 unspecified atom stereocenters. The smallest absolute Gasteiger partial charge is 0.362 e. The summed E-state index contributed by atoms with van der Waals surface area (Å²) in [5.41, 5.74) is 5.43. The lowest BCUT2D eigenvalue weighted by molar-refractivity contribution is -0.466. The van der Waals surface area contributed by atoms with E-state index in [0.29, 0.717) is 0 Å². The molecule has 0 radical (unpaired) electrons. The van der Waals surface area contributed by atoms with Gasteiger partial charge in [-0.2, -0.15) is 17.6 Å². The lowest BCUT2D eigenvalue weighted by atomic mass is 10.2. The molecule has 0 fully saturated rings. The Morgan fingerprint density at radius 3 is 1.00 bits per heavy atom. The molecule has 0 aromatic heterocycles. The Morgan fingerprint density at radius 2 is 0.917 bits per heavy atom. The molecule has 0 rings (SSSR count). The van der Waals surface area contributed by atoms with Gasteiger partial charge in [0.1, 0.15) is 13.1 Å². The second kappa shape index (κ2) is 5.80. The lowest BCUT2D eigenvalue weighted by Gasteiger charge is -2.19. The van der Waals surface area contributed by atoms with Gasteiger partial charge in [-0.15, -0.1) is 0 Å². The van der Waals surface area contributed by atoms with E-state index in [1.54, 1.807) is 0 Å². The first kappa shape index (κ1) is 18.1. The van der Waals surface area contributed by atoms with E-state index >= 15 is 0 Å². The van der Waals surface area contributed by atoms with E-state index in [9.17, 15) is 17.6 Å². The molecule has 0 aliphatic rings. The summed E-state index contributed by atoms with van der Waals surface area (Å²) in [6.07, 6.45) is 0. The molecule has 6 N–H and O–H groups in total. The molecule has 0 atom stereocenters. The molecule has 0 saturated heterocycles. The predicted octanol–water partition coefficient (Wildman–Crippen LogP) is -7.25. The van der Waals surface area contributed by atoms with Gasteiger partial charge in [-0.05, 0) is 0 Å². The van der Waals surface area contributed by atoms with Gasteiger partial charge in [0.15, 0.2) is 0 Å². The van der Waals surface area contributed by atoms with Crippen LogP contribution in [0.3, 0.4) is 0 Å². The fraction of sp³-hybridized carbons (Fsp3) is 1.00. The fourth-order valence-electron chi connectivity index (χ4n) is 0.366. The van der Waals surface area contributed by atoms with Crippen LogP contribution in [0.25, 0.3) is 0 Å². The van der Waals surface area contributed by atoms with Crippen LogP contribution in [-0.4, -0.2) is 24.9 Å². The Morgan fingerprint density at radius 1 is 0.750 bits per heavy atom. The van der Waals surface area contributed by atoms with Crippen molar-refractivity contribution in [1.82, 2.24) is 0 Å². The Balaban J connectivity index is -0.000000405. The summed E-state index contributed by atoms with van der Waals surface area (Å²) >= 11 is 0. The van der Waals surface area contributed by atoms with Gasteiger partial charge >= 0.3 is 11.8 Å². The van der Waals surface area contributed by atoms with E-state index in [-0.39, 0.29) is 24.8 Å². The summed E-state index contributed by atoms with van der Waals surface area (Å²) < 4.78 is 48.3. The first-order chi connectivity index (χ1) is 4.37. The predicted molar refractivity (Wildman–Crippen MR) is 25.4 cm³/mol. The van der Waals surface area contributed by atoms with Gasteiger partial charge in [0, 0.05) is 0 Å². The minimum atomic E-state index is -4.02. The van der Waals surface area contributed by atoms with Crippen LogP contribution in [0, 0.1) is 0 Å². The molecule has 0 amide bonds. The monoisotopic (exact) mass is 232 g/mol. The molecule has 8 heteroatoms. The van der Waals surface area contributed by atoms with Crippen molar-refractivity contribution in [3.05, 3.63) is 0 Å². The first-order valence-electron chi connectivity index (χ1n) is 2.71. The summed E-state index contributed by atoms with van der Waals surface area (Å²) in [6.45, 7) is -2.20. The number of rotatable bonds is 3. The molecule has 0 aromatic carbocycles. The van der Waals surface area contributed by atoms with E-state index in [2.05, 4.69) is 11.5 Å². The summed E-state index contributed by atoms with van der Waals surface area (Å²) in [6, 6.07) is 0.